The zero-order chi connectivity index (χ0) is 14.7. The minimum Gasteiger partial charge on any atom is -0.397 e. The van der Waals surface area contributed by atoms with Gasteiger partial charge in [-0.25, -0.2) is 4.39 Å². The van der Waals surface area contributed by atoms with Crippen LogP contribution in [0.3, 0.4) is 0 Å². The second-order valence-corrected chi connectivity index (χ2v) is 5.17. The van der Waals surface area contributed by atoms with Crippen molar-refractivity contribution in [3.05, 3.63) is 57.8 Å². The highest BCUT2D eigenvalue weighted by molar-refractivity contribution is 9.10. The SMILES string of the molecule is NC(=O)c1ccc(N)c(NCc2cc(Br)ccc2F)c1. The Morgan fingerprint density at radius 2 is 2.00 bits per heavy atom. The minimum atomic E-state index is -0.540. The van der Waals surface area contributed by atoms with Crippen LogP contribution in [0, 0.1) is 5.82 Å². The van der Waals surface area contributed by atoms with Crippen LogP contribution < -0.4 is 16.8 Å². The van der Waals surface area contributed by atoms with E-state index in [-0.39, 0.29) is 12.4 Å². The van der Waals surface area contributed by atoms with Gasteiger partial charge in [0.15, 0.2) is 0 Å². The van der Waals surface area contributed by atoms with E-state index in [1.165, 1.54) is 6.07 Å². The monoisotopic (exact) mass is 337 g/mol. The lowest BCUT2D eigenvalue weighted by molar-refractivity contribution is 0.100. The number of nitrogens with two attached hydrogens (primary N) is 2. The molecule has 0 saturated carbocycles. The number of carbonyl (C=O) groups excluding carboxylic acids is 1. The average molecular weight is 338 g/mol. The van der Waals surface area contributed by atoms with Crippen molar-refractivity contribution in [3.8, 4) is 0 Å². The van der Waals surface area contributed by atoms with Crippen LogP contribution in [0.5, 0.6) is 0 Å². The summed E-state index contributed by atoms with van der Waals surface area (Å²) in [5.74, 6) is -0.855. The van der Waals surface area contributed by atoms with E-state index >= 15 is 0 Å². The number of benzene rings is 2. The fourth-order valence-electron chi connectivity index (χ4n) is 1.73. The highest BCUT2D eigenvalue weighted by atomic mass is 79.9. The normalized spacial score (nSPS) is 10.3. The molecule has 0 spiro atoms. The molecule has 0 fully saturated rings. The summed E-state index contributed by atoms with van der Waals surface area (Å²) in [6.07, 6.45) is 0. The molecule has 2 rings (SSSR count). The zero-order valence-electron chi connectivity index (χ0n) is 10.5. The lowest BCUT2D eigenvalue weighted by Gasteiger charge is -2.11. The Bertz CT molecular complexity index is 661. The van der Waals surface area contributed by atoms with Crippen molar-refractivity contribution < 1.29 is 9.18 Å². The van der Waals surface area contributed by atoms with Gasteiger partial charge in [-0.15, -0.1) is 0 Å². The molecule has 0 radical (unpaired) electrons. The van der Waals surface area contributed by atoms with Gasteiger partial charge in [0.2, 0.25) is 5.91 Å². The quantitative estimate of drug-likeness (QED) is 0.750. The fourth-order valence-corrected chi connectivity index (χ4v) is 2.14. The van der Waals surface area contributed by atoms with Crippen molar-refractivity contribution in [2.75, 3.05) is 11.1 Å². The Balaban J connectivity index is 2.20. The Kier molecular flexibility index (Phi) is 4.24. The first-order chi connectivity index (χ1) is 9.47. The summed E-state index contributed by atoms with van der Waals surface area (Å²) >= 11 is 3.29. The third-order valence-electron chi connectivity index (χ3n) is 2.81. The number of halogens is 2. The van der Waals surface area contributed by atoms with Crippen LogP contribution in [0.15, 0.2) is 40.9 Å². The van der Waals surface area contributed by atoms with Crippen LogP contribution in [0.1, 0.15) is 15.9 Å². The number of rotatable bonds is 4. The van der Waals surface area contributed by atoms with Gasteiger partial charge in [0.1, 0.15) is 5.82 Å². The van der Waals surface area contributed by atoms with E-state index in [1.807, 2.05) is 0 Å². The average Bonchev–Trinajstić information content (AvgIpc) is 2.41. The van der Waals surface area contributed by atoms with Crippen LogP contribution in [0.4, 0.5) is 15.8 Å². The van der Waals surface area contributed by atoms with Crippen LogP contribution in [0.2, 0.25) is 0 Å². The molecule has 4 nitrogen and oxygen atoms in total. The van der Waals surface area contributed by atoms with E-state index < -0.39 is 5.91 Å². The largest absolute Gasteiger partial charge is 0.397 e. The van der Waals surface area contributed by atoms with Crippen molar-refractivity contribution in [3.63, 3.8) is 0 Å². The van der Waals surface area contributed by atoms with Crippen molar-refractivity contribution >= 4 is 33.2 Å². The van der Waals surface area contributed by atoms with Gasteiger partial charge in [0.25, 0.3) is 0 Å². The number of amides is 1. The van der Waals surface area contributed by atoms with Gasteiger partial charge in [-0.2, -0.15) is 0 Å². The maximum atomic E-state index is 13.6. The summed E-state index contributed by atoms with van der Waals surface area (Å²) in [6.45, 7) is 0.248. The van der Waals surface area contributed by atoms with Crippen molar-refractivity contribution in [2.45, 2.75) is 6.54 Å². The second kappa shape index (κ2) is 5.92. The first-order valence-corrected chi connectivity index (χ1v) is 6.64. The van der Waals surface area contributed by atoms with Crippen molar-refractivity contribution in [1.82, 2.24) is 0 Å². The van der Waals surface area contributed by atoms with E-state index in [9.17, 15) is 9.18 Å². The lowest BCUT2D eigenvalue weighted by atomic mass is 10.1. The molecule has 2 aromatic carbocycles. The van der Waals surface area contributed by atoms with E-state index in [4.69, 9.17) is 11.5 Å². The molecule has 0 saturated heterocycles. The molecule has 6 heteroatoms. The second-order valence-electron chi connectivity index (χ2n) is 4.26. The smallest absolute Gasteiger partial charge is 0.248 e. The van der Waals surface area contributed by atoms with Gasteiger partial charge in [0, 0.05) is 22.1 Å². The van der Waals surface area contributed by atoms with Gasteiger partial charge in [-0.05, 0) is 36.4 Å². The first-order valence-electron chi connectivity index (χ1n) is 5.84. The van der Waals surface area contributed by atoms with Crippen LogP contribution >= 0.6 is 15.9 Å². The lowest BCUT2D eigenvalue weighted by Crippen LogP contribution is -2.12. The van der Waals surface area contributed by atoms with Crippen LogP contribution in [0.25, 0.3) is 0 Å². The standard InChI is InChI=1S/C14H13BrFN3O/c15-10-2-3-11(16)9(5-10)7-19-13-6-8(14(18)20)1-4-12(13)17/h1-6,19H,7,17H2,(H2,18,20). The highest BCUT2D eigenvalue weighted by Crippen LogP contribution is 2.22. The number of anilines is 2. The number of nitrogens with one attached hydrogen (secondary N) is 1. The van der Waals surface area contributed by atoms with Gasteiger partial charge in [-0.1, -0.05) is 15.9 Å². The summed E-state index contributed by atoms with van der Waals surface area (Å²) in [7, 11) is 0. The van der Waals surface area contributed by atoms with Crippen molar-refractivity contribution in [1.29, 1.82) is 0 Å². The molecule has 0 aliphatic rings. The van der Waals surface area contributed by atoms with Crippen molar-refractivity contribution in [2.24, 2.45) is 5.73 Å². The number of carbonyl (C=O) groups is 1. The highest BCUT2D eigenvalue weighted by Gasteiger charge is 2.07. The molecule has 104 valence electrons. The van der Waals surface area contributed by atoms with Gasteiger partial charge < -0.3 is 16.8 Å². The third kappa shape index (κ3) is 3.27. The molecule has 1 amide bonds. The summed E-state index contributed by atoms with van der Waals surface area (Å²) in [5, 5.41) is 3.00. The Labute approximate surface area is 124 Å². The molecule has 0 aromatic heterocycles. The topological polar surface area (TPSA) is 81.1 Å². The van der Waals surface area contributed by atoms with Gasteiger partial charge in [-0.3, -0.25) is 4.79 Å². The fraction of sp³-hybridized carbons (Fsp3) is 0.0714. The molecule has 5 N–H and O–H groups in total. The van der Waals surface area contributed by atoms with E-state index in [2.05, 4.69) is 21.2 Å². The predicted molar refractivity (Wildman–Crippen MR) is 80.8 cm³/mol. The summed E-state index contributed by atoms with van der Waals surface area (Å²) in [5.41, 5.74) is 12.9. The first kappa shape index (κ1) is 14.3. The molecule has 0 aliphatic heterocycles. The molecule has 0 unspecified atom stereocenters. The molecule has 0 bridgehead atoms. The predicted octanol–water partition coefficient (Wildman–Crippen LogP) is 2.88. The zero-order valence-corrected chi connectivity index (χ0v) is 12.1. The van der Waals surface area contributed by atoms with Crippen LogP contribution in [-0.2, 0) is 6.54 Å². The Hall–Kier alpha value is -2.08. The van der Waals surface area contributed by atoms with Gasteiger partial charge >= 0.3 is 0 Å². The van der Waals surface area contributed by atoms with Gasteiger partial charge in [0.05, 0.1) is 11.4 Å². The number of hydrogen-bond donors (Lipinski definition) is 3. The maximum absolute atomic E-state index is 13.6. The van der Waals surface area contributed by atoms with Crippen LogP contribution in [-0.4, -0.2) is 5.91 Å². The summed E-state index contributed by atoms with van der Waals surface area (Å²) in [6, 6.07) is 9.36. The summed E-state index contributed by atoms with van der Waals surface area (Å²) in [4.78, 5) is 11.1. The van der Waals surface area contributed by atoms with E-state index in [1.54, 1.807) is 30.3 Å². The minimum absolute atomic E-state index is 0.248. The molecular weight excluding hydrogens is 325 g/mol. The molecule has 20 heavy (non-hydrogen) atoms. The maximum Gasteiger partial charge on any atom is 0.248 e. The third-order valence-corrected chi connectivity index (χ3v) is 3.31. The molecule has 0 heterocycles. The Morgan fingerprint density at radius 3 is 2.70 bits per heavy atom. The Morgan fingerprint density at radius 1 is 1.25 bits per heavy atom. The molecule has 0 atom stereocenters. The number of hydrogen-bond acceptors (Lipinski definition) is 3. The summed E-state index contributed by atoms with van der Waals surface area (Å²) < 4.78 is 14.4. The molecule has 2 aromatic rings. The van der Waals surface area contributed by atoms with E-state index in [0.717, 1.165) is 4.47 Å². The number of nitrogen functional groups attached to an aromatic ring is 1. The number of primary amides is 1. The van der Waals surface area contributed by atoms with E-state index in [0.29, 0.717) is 22.5 Å². The molecular formula is C14H13BrFN3O. The molecule has 0 aliphatic carbocycles.